The lowest BCUT2D eigenvalue weighted by atomic mass is 9.87. The van der Waals surface area contributed by atoms with E-state index in [1.807, 2.05) is 11.3 Å². The van der Waals surface area contributed by atoms with Crippen molar-refractivity contribution in [2.24, 2.45) is 0 Å². The molecule has 12 aromatic rings. The summed E-state index contributed by atoms with van der Waals surface area (Å²) in [5, 5.41) is 7.58. The van der Waals surface area contributed by atoms with E-state index in [1.54, 1.807) is 0 Å². The van der Waals surface area contributed by atoms with Crippen LogP contribution in [0.1, 0.15) is 7.43 Å². The van der Waals surface area contributed by atoms with E-state index in [0.717, 1.165) is 11.4 Å². The standard InChI is InChI=1S/C54H34N2S.CH4/c1-3-14-35(15-4-1)40-21-13-22-41(36-16-5-2-6-17-36)54(40)37-26-29-50-45(32-37)46-33-38(55-48-23-10-7-18-42(48)43-19-8-11-24-49(43)55)27-30-51(46)56(50)39-28-31-53-47(34-39)44-20-9-12-25-52(44)57-53;/h1-34H;1H4. The van der Waals surface area contributed by atoms with Crippen LogP contribution in [0, 0.1) is 0 Å². The zero-order valence-corrected chi connectivity index (χ0v) is 31.7. The molecule has 58 heavy (non-hydrogen) atoms. The third-order valence-corrected chi connectivity index (χ3v) is 12.9. The van der Waals surface area contributed by atoms with Crippen molar-refractivity contribution in [2.45, 2.75) is 7.43 Å². The van der Waals surface area contributed by atoms with E-state index in [0.29, 0.717) is 0 Å². The van der Waals surface area contributed by atoms with Crippen LogP contribution >= 0.6 is 11.3 Å². The van der Waals surface area contributed by atoms with Crippen molar-refractivity contribution < 1.29 is 0 Å². The summed E-state index contributed by atoms with van der Waals surface area (Å²) >= 11 is 1.86. The quantitative estimate of drug-likeness (QED) is 0.165. The Kier molecular flexibility index (Phi) is 7.92. The molecule has 9 aromatic carbocycles. The Morgan fingerprint density at radius 2 is 0.759 bits per heavy atom. The number of benzene rings is 9. The molecule has 274 valence electrons. The summed E-state index contributed by atoms with van der Waals surface area (Å²) in [5.41, 5.74) is 14.4. The van der Waals surface area contributed by atoms with Crippen LogP contribution < -0.4 is 0 Å². The van der Waals surface area contributed by atoms with Gasteiger partial charge in [-0.3, -0.25) is 0 Å². The topological polar surface area (TPSA) is 9.86 Å². The third-order valence-electron chi connectivity index (χ3n) is 11.7. The van der Waals surface area contributed by atoms with Gasteiger partial charge in [0.15, 0.2) is 0 Å². The molecule has 0 atom stereocenters. The third kappa shape index (κ3) is 5.17. The zero-order valence-electron chi connectivity index (χ0n) is 30.9. The van der Waals surface area contributed by atoms with Crippen LogP contribution in [0.15, 0.2) is 206 Å². The fourth-order valence-electron chi connectivity index (χ4n) is 9.22. The van der Waals surface area contributed by atoms with Crippen molar-refractivity contribution in [1.82, 2.24) is 9.13 Å². The minimum Gasteiger partial charge on any atom is -0.309 e. The first-order valence-electron chi connectivity index (χ1n) is 19.5. The highest BCUT2D eigenvalue weighted by Gasteiger charge is 2.20. The highest BCUT2D eigenvalue weighted by molar-refractivity contribution is 7.25. The summed E-state index contributed by atoms with van der Waals surface area (Å²) < 4.78 is 7.53. The van der Waals surface area contributed by atoms with Crippen LogP contribution in [0.4, 0.5) is 0 Å². The summed E-state index contributed by atoms with van der Waals surface area (Å²) in [7, 11) is 0. The van der Waals surface area contributed by atoms with Gasteiger partial charge in [-0.05, 0) is 100 Å². The van der Waals surface area contributed by atoms with Crippen LogP contribution in [0.5, 0.6) is 0 Å². The first kappa shape index (κ1) is 34.1. The van der Waals surface area contributed by atoms with Crippen molar-refractivity contribution in [1.29, 1.82) is 0 Å². The van der Waals surface area contributed by atoms with Gasteiger partial charge in [-0.15, -0.1) is 11.3 Å². The molecule has 0 saturated heterocycles. The number of para-hydroxylation sites is 2. The van der Waals surface area contributed by atoms with Crippen molar-refractivity contribution in [2.75, 3.05) is 0 Å². The summed E-state index contributed by atoms with van der Waals surface area (Å²) in [4.78, 5) is 0. The predicted octanol–water partition coefficient (Wildman–Crippen LogP) is 15.9. The lowest BCUT2D eigenvalue weighted by Gasteiger charge is -2.17. The summed E-state index contributed by atoms with van der Waals surface area (Å²) in [6.45, 7) is 0. The van der Waals surface area contributed by atoms with E-state index >= 15 is 0 Å². The Labute approximate surface area is 341 Å². The van der Waals surface area contributed by atoms with Crippen LogP contribution in [0.3, 0.4) is 0 Å². The zero-order chi connectivity index (χ0) is 37.5. The fraction of sp³-hybridized carbons (Fsp3) is 0.0182. The molecule has 0 spiro atoms. The first-order chi connectivity index (χ1) is 28.3. The van der Waals surface area contributed by atoms with Crippen LogP contribution in [-0.4, -0.2) is 9.13 Å². The van der Waals surface area contributed by atoms with Crippen LogP contribution in [0.25, 0.3) is 109 Å². The van der Waals surface area contributed by atoms with Crippen molar-refractivity contribution in [3.05, 3.63) is 206 Å². The Hall–Kier alpha value is -7.20. The Morgan fingerprint density at radius 1 is 0.293 bits per heavy atom. The van der Waals surface area contributed by atoms with Crippen molar-refractivity contribution in [3.63, 3.8) is 0 Å². The Bertz CT molecular complexity index is 3400. The molecule has 0 saturated carbocycles. The molecule has 3 heterocycles. The summed E-state index contributed by atoms with van der Waals surface area (Å²) in [6, 6.07) is 75.8. The summed E-state index contributed by atoms with van der Waals surface area (Å²) in [6.07, 6.45) is 0. The van der Waals surface area contributed by atoms with Gasteiger partial charge in [0.25, 0.3) is 0 Å². The van der Waals surface area contributed by atoms with Gasteiger partial charge >= 0.3 is 0 Å². The molecule has 0 unspecified atom stereocenters. The van der Waals surface area contributed by atoms with Gasteiger partial charge in [-0.2, -0.15) is 0 Å². The average molecular weight is 759 g/mol. The van der Waals surface area contributed by atoms with Crippen molar-refractivity contribution in [3.8, 4) is 44.8 Å². The Balaban J connectivity index is 0.00000385. The second-order valence-corrected chi connectivity index (χ2v) is 16.0. The molecule has 0 bridgehead atoms. The normalized spacial score (nSPS) is 11.7. The van der Waals surface area contributed by atoms with E-state index in [-0.39, 0.29) is 7.43 Å². The Morgan fingerprint density at radius 3 is 1.40 bits per heavy atom. The number of rotatable bonds is 5. The van der Waals surface area contributed by atoms with E-state index < -0.39 is 0 Å². The van der Waals surface area contributed by atoms with Crippen molar-refractivity contribution >= 4 is 75.1 Å². The molecule has 0 aliphatic rings. The second kappa shape index (κ2) is 13.5. The molecule has 0 radical (unpaired) electrons. The van der Waals surface area contributed by atoms with Gasteiger partial charge in [0.05, 0.1) is 22.1 Å². The predicted molar refractivity (Wildman–Crippen MR) is 251 cm³/mol. The van der Waals surface area contributed by atoms with Gasteiger partial charge in [0.2, 0.25) is 0 Å². The monoisotopic (exact) mass is 758 g/mol. The molecule has 0 fully saturated rings. The minimum absolute atomic E-state index is 0. The highest BCUT2D eigenvalue weighted by Crippen LogP contribution is 2.44. The van der Waals surface area contributed by atoms with E-state index in [9.17, 15) is 0 Å². The van der Waals surface area contributed by atoms with Gasteiger partial charge in [0.1, 0.15) is 0 Å². The molecule has 0 amide bonds. The maximum absolute atomic E-state index is 2.47. The summed E-state index contributed by atoms with van der Waals surface area (Å²) in [5.74, 6) is 0. The van der Waals surface area contributed by atoms with Gasteiger partial charge < -0.3 is 9.13 Å². The van der Waals surface area contributed by atoms with Crippen LogP contribution in [-0.2, 0) is 0 Å². The number of fused-ring (bicyclic) bond motifs is 9. The smallest absolute Gasteiger partial charge is 0.0542 e. The number of nitrogens with zero attached hydrogens (tertiary/aromatic N) is 2. The number of hydrogen-bond donors (Lipinski definition) is 0. The highest BCUT2D eigenvalue weighted by atomic mass is 32.1. The van der Waals surface area contributed by atoms with E-state index in [1.165, 1.54) is 97.2 Å². The molecule has 2 nitrogen and oxygen atoms in total. The molecule has 12 rings (SSSR count). The molecule has 3 aromatic heterocycles. The maximum Gasteiger partial charge on any atom is 0.0542 e. The number of hydrogen-bond acceptors (Lipinski definition) is 1. The van der Waals surface area contributed by atoms with Gasteiger partial charge in [0, 0.05) is 53.1 Å². The SMILES string of the molecule is C.c1ccc(-c2cccc(-c3ccccc3)c2-c2ccc3c(c2)c2cc(-n4c5ccccc5c5ccccc54)ccc2n3-c2ccc3sc4ccccc4c3c2)cc1. The molecule has 0 N–H and O–H groups in total. The lowest BCUT2D eigenvalue weighted by molar-refractivity contribution is 1.17. The fourth-order valence-corrected chi connectivity index (χ4v) is 10.3. The maximum atomic E-state index is 2.47. The number of aromatic nitrogens is 2. The molecule has 3 heteroatoms. The molecular weight excluding hydrogens is 721 g/mol. The van der Waals surface area contributed by atoms with E-state index in [4.69, 9.17) is 0 Å². The lowest BCUT2D eigenvalue weighted by Crippen LogP contribution is -1.95. The molecular formula is C55H38N2S. The van der Waals surface area contributed by atoms with Crippen LogP contribution in [0.2, 0.25) is 0 Å². The van der Waals surface area contributed by atoms with Gasteiger partial charge in [-0.25, -0.2) is 0 Å². The second-order valence-electron chi connectivity index (χ2n) is 14.9. The van der Waals surface area contributed by atoms with Gasteiger partial charge in [-0.1, -0.05) is 147 Å². The van der Waals surface area contributed by atoms with E-state index in [2.05, 4.69) is 215 Å². The number of thiophene rings is 1. The minimum atomic E-state index is 0. The average Bonchev–Trinajstić information content (AvgIpc) is 3.93. The largest absolute Gasteiger partial charge is 0.309 e. The molecule has 0 aliphatic heterocycles. The first-order valence-corrected chi connectivity index (χ1v) is 20.3. The molecule has 0 aliphatic carbocycles.